The monoisotopic (exact) mass is 233 g/mol. The average molecular weight is 233 g/mol. The second kappa shape index (κ2) is 4.74. The maximum absolute atomic E-state index is 5.64. The standard InChI is InChI=1S/C12H15N3S/c1-8-3-4-9(2)10(5-8)12(15-13)11-6-14-7-16-11/h3-7,12,15H,13H2,1-2H3. The van der Waals surface area contributed by atoms with Crippen LogP contribution in [0.1, 0.15) is 27.6 Å². The minimum Gasteiger partial charge on any atom is -0.271 e. The van der Waals surface area contributed by atoms with Gasteiger partial charge in [0.1, 0.15) is 0 Å². The highest BCUT2D eigenvalue weighted by Gasteiger charge is 2.15. The molecule has 1 aromatic carbocycles. The number of hydrogen-bond donors (Lipinski definition) is 2. The lowest BCUT2D eigenvalue weighted by Crippen LogP contribution is -2.28. The Balaban J connectivity index is 2.44. The molecule has 0 saturated heterocycles. The van der Waals surface area contributed by atoms with Gasteiger partial charge in [-0.3, -0.25) is 10.8 Å². The number of aryl methyl sites for hydroxylation is 2. The van der Waals surface area contributed by atoms with Crippen molar-refractivity contribution in [1.29, 1.82) is 0 Å². The zero-order valence-electron chi connectivity index (χ0n) is 9.40. The molecule has 0 bridgehead atoms. The Hall–Kier alpha value is -1.23. The average Bonchev–Trinajstić information content (AvgIpc) is 2.78. The van der Waals surface area contributed by atoms with Crippen LogP contribution in [0.25, 0.3) is 0 Å². The first kappa shape index (κ1) is 11.3. The molecule has 3 N–H and O–H groups in total. The molecule has 0 spiro atoms. The van der Waals surface area contributed by atoms with E-state index >= 15 is 0 Å². The molecule has 1 atom stereocenters. The van der Waals surface area contributed by atoms with Gasteiger partial charge in [-0.1, -0.05) is 23.8 Å². The van der Waals surface area contributed by atoms with Crippen molar-refractivity contribution in [3.8, 4) is 0 Å². The van der Waals surface area contributed by atoms with Gasteiger partial charge in [0.2, 0.25) is 0 Å². The number of rotatable bonds is 3. The summed E-state index contributed by atoms with van der Waals surface area (Å²) in [4.78, 5) is 5.23. The fourth-order valence-corrected chi connectivity index (χ4v) is 2.46. The number of aromatic nitrogens is 1. The van der Waals surface area contributed by atoms with Gasteiger partial charge in [0.25, 0.3) is 0 Å². The Morgan fingerprint density at radius 3 is 2.81 bits per heavy atom. The zero-order valence-corrected chi connectivity index (χ0v) is 10.2. The fourth-order valence-electron chi connectivity index (χ4n) is 1.76. The molecule has 0 fully saturated rings. The molecule has 1 aromatic heterocycles. The summed E-state index contributed by atoms with van der Waals surface area (Å²) in [5.41, 5.74) is 8.38. The molecule has 2 rings (SSSR count). The van der Waals surface area contributed by atoms with Crippen LogP contribution in [0.15, 0.2) is 29.9 Å². The zero-order chi connectivity index (χ0) is 11.5. The first-order valence-electron chi connectivity index (χ1n) is 5.14. The van der Waals surface area contributed by atoms with Crippen LogP contribution in [-0.2, 0) is 0 Å². The molecule has 3 nitrogen and oxygen atoms in total. The van der Waals surface area contributed by atoms with Crippen LogP contribution in [0.4, 0.5) is 0 Å². The summed E-state index contributed by atoms with van der Waals surface area (Å²) in [5.74, 6) is 5.64. The van der Waals surface area contributed by atoms with E-state index in [0.717, 1.165) is 4.88 Å². The van der Waals surface area contributed by atoms with E-state index in [9.17, 15) is 0 Å². The van der Waals surface area contributed by atoms with Gasteiger partial charge in [0, 0.05) is 11.1 Å². The van der Waals surface area contributed by atoms with Crippen molar-refractivity contribution >= 4 is 11.3 Å². The van der Waals surface area contributed by atoms with Gasteiger partial charge in [-0.25, -0.2) is 5.43 Å². The van der Waals surface area contributed by atoms with E-state index < -0.39 is 0 Å². The SMILES string of the molecule is Cc1ccc(C)c(C(NN)c2cncs2)c1. The van der Waals surface area contributed by atoms with Crippen LogP contribution < -0.4 is 11.3 Å². The van der Waals surface area contributed by atoms with Gasteiger partial charge in [-0.05, 0) is 25.0 Å². The van der Waals surface area contributed by atoms with Crippen molar-refractivity contribution in [2.75, 3.05) is 0 Å². The Labute approximate surface area is 99.3 Å². The molecular formula is C12H15N3S. The molecular weight excluding hydrogens is 218 g/mol. The van der Waals surface area contributed by atoms with Gasteiger partial charge >= 0.3 is 0 Å². The molecule has 0 radical (unpaired) electrons. The van der Waals surface area contributed by atoms with Gasteiger partial charge < -0.3 is 0 Å². The topological polar surface area (TPSA) is 50.9 Å². The van der Waals surface area contributed by atoms with E-state index in [-0.39, 0.29) is 6.04 Å². The number of hydrazine groups is 1. The number of thiazole rings is 1. The number of nitrogens with two attached hydrogens (primary N) is 1. The third kappa shape index (κ3) is 2.14. The quantitative estimate of drug-likeness (QED) is 0.632. The third-order valence-corrected chi connectivity index (χ3v) is 3.49. The minimum atomic E-state index is 0.0346. The minimum absolute atomic E-state index is 0.0346. The van der Waals surface area contributed by atoms with Crippen molar-refractivity contribution in [2.24, 2.45) is 5.84 Å². The highest BCUT2D eigenvalue weighted by atomic mass is 32.1. The number of hydrogen-bond acceptors (Lipinski definition) is 4. The molecule has 4 heteroatoms. The summed E-state index contributed by atoms with van der Waals surface area (Å²) < 4.78 is 0. The van der Waals surface area contributed by atoms with Gasteiger partial charge in [0.05, 0.1) is 11.6 Å². The molecule has 16 heavy (non-hydrogen) atoms. The number of nitrogens with zero attached hydrogens (tertiary/aromatic N) is 1. The summed E-state index contributed by atoms with van der Waals surface area (Å²) in [7, 11) is 0. The Bertz CT molecular complexity index is 465. The second-order valence-corrected chi connectivity index (χ2v) is 4.78. The Morgan fingerprint density at radius 2 is 2.19 bits per heavy atom. The van der Waals surface area contributed by atoms with Crippen molar-refractivity contribution in [3.05, 3.63) is 51.5 Å². The van der Waals surface area contributed by atoms with E-state index in [1.165, 1.54) is 16.7 Å². The maximum Gasteiger partial charge on any atom is 0.0821 e. The highest BCUT2D eigenvalue weighted by Crippen LogP contribution is 2.27. The molecule has 0 aliphatic carbocycles. The van der Waals surface area contributed by atoms with E-state index in [4.69, 9.17) is 5.84 Å². The lowest BCUT2D eigenvalue weighted by atomic mass is 9.98. The van der Waals surface area contributed by atoms with Gasteiger partial charge in [0.15, 0.2) is 0 Å². The van der Waals surface area contributed by atoms with Gasteiger partial charge in [-0.15, -0.1) is 11.3 Å². The predicted molar refractivity (Wildman–Crippen MR) is 67.2 cm³/mol. The van der Waals surface area contributed by atoms with Crippen molar-refractivity contribution in [2.45, 2.75) is 19.9 Å². The van der Waals surface area contributed by atoms with Crippen LogP contribution in [0.3, 0.4) is 0 Å². The normalized spacial score (nSPS) is 12.7. The lowest BCUT2D eigenvalue weighted by molar-refractivity contribution is 0.641. The molecule has 1 heterocycles. The van der Waals surface area contributed by atoms with E-state index in [0.29, 0.717) is 0 Å². The predicted octanol–water partition coefficient (Wildman–Crippen LogP) is 2.31. The fraction of sp³-hybridized carbons (Fsp3) is 0.250. The highest BCUT2D eigenvalue weighted by molar-refractivity contribution is 7.09. The first-order valence-corrected chi connectivity index (χ1v) is 6.02. The molecule has 0 amide bonds. The number of benzene rings is 1. The lowest BCUT2D eigenvalue weighted by Gasteiger charge is -2.17. The third-order valence-electron chi connectivity index (χ3n) is 2.65. The largest absolute Gasteiger partial charge is 0.271 e. The summed E-state index contributed by atoms with van der Waals surface area (Å²) in [6.45, 7) is 4.18. The molecule has 84 valence electrons. The van der Waals surface area contributed by atoms with E-state index in [1.807, 2.05) is 11.7 Å². The summed E-state index contributed by atoms with van der Waals surface area (Å²) in [6, 6.07) is 6.43. The summed E-state index contributed by atoms with van der Waals surface area (Å²) >= 11 is 1.61. The van der Waals surface area contributed by atoms with Crippen molar-refractivity contribution in [3.63, 3.8) is 0 Å². The Kier molecular flexibility index (Phi) is 3.33. The summed E-state index contributed by atoms with van der Waals surface area (Å²) in [5, 5.41) is 0. The second-order valence-electron chi connectivity index (χ2n) is 3.86. The Morgan fingerprint density at radius 1 is 1.38 bits per heavy atom. The van der Waals surface area contributed by atoms with Crippen molar-refractivity contribution in [1.82, 2.24) is 10.4 Å². The van der Waals surface area contributed by atoms with Gasteiger partial charge in [-0.2, -0.15) is 0 Å². The van der Waals surface area contributed by atoms with Crippen LogP contribution in [0.2, 0.25) is 0 Å². The van der Waals surface area contributed by atoms with Crippen molar-refractivity contribution < 1.29 is 0 Å². The van der Waals surface area contributed by atoms with Crippen LogP contribution in [0, 0.1) is 13.8 Å². The van der Waals surface area contributed by atoms with E-state index in [2.05, 4.69) is 42.5 Å². The molecule has 2 aromatic rings. The van der Waals surface area contributed by atoms with Crippen LogP contribution >= 0.6 is 11.3 Å². The molecule has 1 unspecified atom stereocenters. The molecule has 0 aliphatic rings. The number of nitrogens with one attached hydrogen (secondary N) is 1. The molecule has 0 aliphatic heterocycles. The van der Waals surface area contributed by atoms with E-state index in [1.54, 1.807) is 11.3 Å². The first-order chi connectivity index (χ1) is 7.72. The smallest absolute Gasteiger partial charge is 0.0821 e. The maximum atomic E-state index is 5.64. The molecule has 0 saturated carbocycles. The van der Waals surface area contributed by atoms with Crippen LogP contribution in [-0.4, -0.2) is 4.98 Å². The van der Waals surface area contributed by atoms with Crippen LogP contribution in [0.5, 0.6) is 0 Å². The summed E-state index contributed by atoms with van der Waals surface area (Å²) in [6.07, 6.45) is 1.86.